The number of hydrogen-bond donors (Lipinski definition) is 1. The number of hydrogen-bond acceptors (Lipinski definition) is 8. The van der Waals surface area contributed by atoms with Crippen molar-refractivity contribution in [3.05, 3.63) is 51.7 Å². The third kappa shape index (κ3) is 6.05. The van der Waals surface area contributed by atoms with Crippen LogP contribution >= 0.6 is 23.1 Å². The number of ether oxygens (including phenoxy) is 2. The van der Waals surface area contributed by atoms with E-state index in [4.69, 9.17) is 9.47 Å². The predicted octanol–water partition coefficient (Wildman–Crippen LogP) is 4.94. The minimum absolute atomic E-state index is 0.145. The van der Waals surface area contributed by atoms with Gasteiger partial charge in [-0.05, 0) is 63.6 Å². The molecule has 2 heterocycles. The minimum Gasteiger partial charge on any atom is -0.485 e. The van der Waals surface area contributed by atoms with E-state index >= 15 is 0 Å². The van der Waals surface area contributed by atoms with Crippen molar-refractivity contribution in [2.45, 2.75) is 64.3 Å². The van der Waals surface area contributed by atoms with Crippen molar-refractivity contribution in [2.75, 3.05) is 11.1 Å². The number of thioether (sulfide) groups is 1. The highest BCUT2D eigenvalue weighted by Gasteiger charge is 2.28. The Labute approximate surface area is 213 Å². The maximum absolute atomic E-state index is 12.8. The summed E-state index contributed by atoms with van der Waals surface area (Å²) in [5.41, 5.74) is 2.60. The van der Waals surface area contributed by atoms with Crippen LogP contribution in [0, 0.1) is 6.92 Å². The highest BCUT2D eigenvalue weighted by molar-refractivity contribution is 7.99. The predicted molar refractivity (Wildman–Crippen MR) is 137 cm³/mol. The van der Waals surface area contributed by atoms with Gasteiger partial charge in [0, 0.05) is 11.9 Å². The Morgan fingerprint density at radius 1 is 1.20 bits per heavy atom. The second-order valence-electron chi connectivity index (χ2n) is 8.72. The summed E-state index contributed by atoms with van der Waals surface area (Å²) >= 11 is 2.78. The zero-order chi connectivity index (χ0) is 24.9. The van der Waals surface area contributed by atoms with Crippen molar-refractivity contribution < 1.29 is 19.1 Å². The number of amides is 1. The van der Waals surface area contributed by atoms with Gasteiger partial charge in [-0.25, -0.2) is 4.79 Å². The molecule has 1 amide bonds. The summed E-state index contributed by atoms with van der Waals surface area (Å²) in [5, 5.41) is 12.6. The zero-order valence-corrected chi connectivity index (χ0v) is 22.1. The molecule has 1 aromatic carbocycles. The smallest absolute Gasteiger partial charge is 0.341 e. The number of nitrogens with one attached hydrogen (secondary N) is 1. The van der Waals surface area contributed by atoms with Gasteiger partial charge >= 0.3 is 5.97 Å². The molecule has 0 atom stereocenters. The van der Waals surface area contributed by atoms with Gasteiger partial charge in [0.15, 0.2) is 11.0 Å². The van der Waals surface area contributed by atoms with Crippen LogP contribution in [0.25, 0.3) is 0 Å². The number of fused-ring (bicyclic) bond motifs is 1. The summed E-state index contributed by atoms with van der Waals surface area (Å²) in [4.78, 5) is 26.8. The summed E-state index contributed by atoms with van der Waals surface area (Å²) in [6, 6.07) is 7.80. The summed E-state index contributed by atoms with van der Waals surface area (Å²) in [5.74, 6) is 1.04. The molecule has 8 nitrogen and oxygen atoms in total. The van der Waals surface area contributed by atoms with E-state index < -0.39 is 0 Å². The Bertz CT molecular complexity index is 1220. The van der Waals surface area contributed by atoms with Crippen LogP contribution in [0.1, 0.15) is 58.9 Å². The summed E-state index contributed by atoms with van der Waals surface area (Å²) in [6.45, 7) is 5.92. The molecule has 1 N–H and O–H groups in total. The van der Waals surface area contributed by atoms with E-state index in [1.54, 1.807) is 0 Å². The van der Waals surface area contributed by atoms with Gasteiger partial charge < -0.3 is 19.4 Å². The van der Waals surface area contributed by atoms with Crippen LogP contribution in [0.15, 0.2) is 29.4 Å². The van der Waals surface area contributed by atoms with Gasteiger partial charge in [0.1, 0.15) is 17.4 Å². The lowest BCUT2D eigenvalue weighted by molar-refractivity contribution is -0.113. The number of carbonyl (C=O) groups is 2. The number of aryl methyl sites for hydroxylation is 2. The van der Waals surface area contributed by atoms with E-state index in [1.807, 2.05) is 56.7 Å². The molecule has 0 aliphatic heterocycles. The van der Waals surface area contributed by atoms with E-state index in [9.17, 15) is 9.59 Å². The van der Waals surface area contributed by atoms with Gasteiger partial charge in [-0.15, -0.1) is 21.5 Å². The van der Waals surface area contributed by atoms with Gasteiger partial charge in [0.05, 0.1) is 17.4 Å². The first kappa shape index (κ1) is 25.2. The van der Waals surface area contributed by atoms with Crippen molar-refractivity contribution in [1.82, 2.24) is 14.8 Å². The molecule has 1 aliphatic carbocycles. The lowest BCUT2D eigenvalue weighted by atomic mass is 9.95. The van der Waals surface area contributed by atoms with Crippen molar-refractivity contribution in [3.8, 4) is 5.75 Å². The van der Waals surface area contributed by atoms with Crippen LogP contribution in [0.4, 0.5) is 5.00 Å². The molecule has 1 aliphatic rings. The van der Waals surface area contributed by atoms with Gasteiger partial charge in [0.25, 0.3) is 0 Å². The van der Waals surface area contributed by atoms with Crippen molar-refractivity contribution >= 4 is 40.0 Å². The molecule has 4 rings (SSSR count). The largest absolute Gasteiger partial charge is 0.485 e. The highest BCUT2D eigenvalue weighted by atomic mass is 32.2. The molecule has 35 heavy (non-hydrogen) atoms. The number of carbonyl (C=O) groups excluding carboxylic acids is 2. The van der Waals surface area contributed by atoms with E-state index in [1.165, 1.54) is 28.0 Å². The Morgan fingerprint density at radius 3 is 2.74 bits per heavy atom. The molecule has 10 heteroatoms. The van der Waals surface area contributed by atoms with Crippen molar-refractivity contribution in [3.63, 3.8) is 0 Å². The molecule has 0 saturated heterocycles. The van der Waals surface area contributed by atoms with Crippen LogP contribution in [0.5, 0.6) is 5.75 Å². The first-order chi connectivity index (χ1) is 16.8. The number of nitrogens with zero attached hydrogens (tertiary/aromatic N) is 3. The minimum atomic E-state index is -0.367. The Balaban J connectivity index is 1.39. The average molecular weight is 515 g/mol. The number of esters is 1. The Morgan fingerprint density at radius 2 is 1.97 bits per heavy atom. The first-order valence-electron chi connectivity index (χ1n) is 11.7. The third-order valence-corrected chi connectivity index (χ3v) is 7.91. The van der Waals surface area contributed by atoms with E-state index in [2.05, 4.69) is 15.5 Å². The zero-order valence-electron chi connectivity index (χ0n) is 20.4. The van der Waals surface area contributed by atoms with Crippen LogP contribution < -0.4 is 10.1 Å². The Hall–Kier alpha value is -2.85. The van der Waals surface area contributed by atoms with Crippen LogP contribution in [0.2, 0.25) is 0 Å². The molecule has 0 fully saturated rings. The second-order valence-corrected chi connectivity index (χ2v) is 10.8. The molecule has 0 spiro atoms. The van der Waals surface area contributed by atoms with E-state index in [-0.39, 0.29) is 30.3 Å². The quantitative estimate of drug-likeness (QED) is 0.319. The van der Waals surface area contributed by atoms with Gasteiger partial charge in [-0.3, -0.25) is 4.79 Å². The third-order valence-electron chi connectivity index (χ3n) is 5.68. The number of thiophene rings is 1. The molecule has 0 saturated carbocycles. The average Bonchev–Trinajstić information content (AvgIpc) is 3.36. The maximum atomic E-state index is 12.8. The Kier molecular flexibility index (Phi) is 8.12. The molecule has 0 radical (unpaired) electrons. The molecular formula is C25H30N4O4S2. The van der Waals surface area contributed by atoms with Crippen LogP contribution in [0.3, 0.4) is 0 Å². The second kappa shape index (κ2) is 11.3. The normalized spacial score (nSPS) is 12.9. The molecule has 3 aromatic rings. The maximum Gasteiger partial charge on any atom is 0.341 e. The fourth-order valence-electron chi connectivity index (χ4n) is 3.89. The van der Waals surface area contributed by atoms with Crippen molar-refractivity contribution in [2.24, 2.45) is 7.05 Å². The van der Waals surface area contributed by atoms with E-state index in [0.29, 0.717) is 21.5 Å². The molecule has 0 unspecified atom stereocenters. The highest BCUT2D eigenvalue weighted by Crippen LogP contribution is 2.39. The molecular weight excluding hydrogens is 484 g/mol. The first-order valence-corrected chi connectivity index (χ1v) is 13.5. The molecule has 0 bridgehead atoms. The van der Waals surface area contributed by atoms with E-state index in [0.717, 1.165) is 42.6 Å². The number of anilines is 1. The van der Waals surface area contributed by atoms with Gasteiger partial charge in [-0.2, -0.15) is 0 Å². The summed E-state index contributed by atoms with van der Waals surface area (Å²) in [6.07, 6.45) is 3.68. The van der Waals surface area contributed by atoms with Crippen LogP contribution in [-0.4, -0.2) is 38.5 Å². The standard InChI is InChI=1S/C25H30N4O4S2/c1-15(2)33-24(31)22-17-10-6-8-12-19(17)35-23(22)26-21(30)14-34-25-28-27-20(29(25)4)13-32-18-11-7-5-9-16(18)3/h5,7,9,11,15H,6,8,10,12-14H2,1-4H3,(H,26,30). The fraction of sp³-hybridized carbons (Fsp3) is 0.440. The molecule has 186 valence electrons. The topological polar surface area (TPSA) is 95.3 Å². The van der Waals surface area contributed by atoms with Crippen LogP contribution in [-0.2, 0) is 36.0 Å². The summed E-state index contributed by atoms with van der Waals surface area (Å²) < 4.78 is 13.2. The molecule has 2 aromatic heterocycles. The van der Waals surface area contributed by atoms with Gasteiger partial charge in [-0.1, -0.05) is 30.0 Å². The SMILES string of the molecule is Cc1ccccc1OCc1nnc(SCC(=O)Nc2sc3c(c2C(=O)OC(C)C)CCCC3)n1C. The number of rotatable bonds is 9. The number of aromatic nitrogens is 3. The lowest BCUT2D eigenvalue weighted by Gasteiger charge is -2.14. The number of para-hydroxylation sites is 1. The van der Waals surface area contributed by atoms with Crippen molar-refractivity contribution in [1.29, 1.82) is 0 Å². The monoisotopic (exact) mass is 514 g/mol. The lowest BCUT2D eigenvalue weighted by Crippen LogP contribution is -2.19. The summed E-state index contributed by atoms with van der Waals surface area (Å²) in [7, 11) is 1.85. The fourth-order valence-corrected chi connectivity index (χ4v) is 5.92. The number of benzene rings is 1. The van der Waals surface area contributed by atoms with Gasteiger partial charge in [0.2, 0.25) is 5.91 Å².